The molecule has 1 aromatic heterocycles. The topological polar surface area (TPSA) is 93.7 Å². The lowest BCUT2D eigenvalue weighted by atomic mass is 10.2. The zero-order chi connectivity index (χ0) is 25.3. The Labute approximate surface area is 214 Å². The van der Waals surface area contributed by atoms with Crippen LogP contribution < -0.4 is 0 Å². The number of halogens is 2. The molecule has 3 aromatic rings. The monoisotopic (exact) mass is 539 g/mol. The SMILES string of the molecule is Cn1c(COP(=O)(N(CCCl)Cc2ccccc2)N(CCCl)Cc2ccccc2)cnc1[N+](=O)[O-]. The van der Waals surface area contributed by atoms with Crippen molar-refractivity contribution in [1.29, 1.82) is 0 Å². The Morgan fingerprint density at radius 3 is 1.86 bits per heavy atom. The molecule has 0 aliphatic heterocycles. The van der Waals surface area contributed by atoms with Crippen molar-refractivity contribution in [3.8, 4) is 0 Å². The molecule has 9 nitrogen and oxygen atoms in total. The Morgan fingerprint density at radius 1 is 0.971 bits per heavy atom. The molecule has 0 saturated heterocycles. The molecule has 3 rings (SSSR count). The van der Waals surface area contributed by atoms with Gasteiger partial charge in [-0.2, -0.15) is 0 Å². The second-order valence-electron chi connectivity index (χ2n) is 7.76. The number of alkyl halides is 2. The van der Waals surface area contributed by atoms with E-state index in [0.29, 0.717) is 31.9 Å². The van der Waals surface area contributed by atoms with E-state index in [1.807, 2.05) is 60.7 Å². The van der Waals surface area contributed by atoms with Crippen LogP contribution in [-0.2, 0) is 35.8 Å². The molecule has 0 aliphatic carbocycles. The maximum Gasteiger partial charge on any atom is 0.434 e. The molecule has 0 amide bonds. The smallest absolute Gasteiger partial charge is 0.390 e. The summed E-state index contributed by atoms with van der Waals surface area (Å²) < 4.78 is 25.7. The van der Waals surface area contributed by atoms with Gasteiger partial charge in [0, 0.05) is 37.9 Å². The van der Waals surface area contributed by atoms with Gasteiger partial charge >= 0.3 is 13.6 Å². The van der Waals surface area contributed by atoms with Crippen LogP contribution in [0.15, 0.2) is 66.9 Å². The highest BCUT2D eigenvalue weighted by atomic mass is 35.5. The van der Waals surface area contributed by atoms with Crippen LogP contribution in [-0.4, -0.2) is 48.7 Å². The van der Waals surface area contributed by atoms with E-state index in [1.54, 1.807) is 9.34 Å². The third-order valence-corrected chi connectivity index (χ3v) is 8.34. The molecule has 0 radical (unpaired) electrons. The van der Waals surface area contributed by atoms with Crippen LogP contribution in [0.1, 0.15) is 16.8 Å². The summed E-state index contributed by atoms with van der Waals surface area (Å²) in [5, 5.41) is 11.2. The van der Waals surface area contributed by atoms with Crippen molar-refractivity contribution in [2.24, 2.45) is 7.05 Å². The van der Waals surface area contributed by atoms with E-state index in [-0.39, 0.29) is 24.3 Å². The van der Waals surface area contributed by atoms with E-state index < -0.39 is 12.6 Å². The predicted octanol–water partition coefficient (Wildman–Crippen LogP) is 5.44. The van der Waals surface area contributed by atoms with Gasteiger partial charge in [0.1, 0.15) is 18.5 Å². The van der Waals surface area contributed by atoms with Crippen molar-refractivity contribution in [2.75, 3.05) is 24.8 Å². The highest BCUT2D eigenvalue weighted by Gasteiger charge is 2.39. The Balaban J connectivity index is 1.98. The summed E-state index contributed by atoms with van der Waals surface area (Å²) in [5.41, 5.74) is 2.32. The second kappa shape index (κ2) is 13.2. The molecule has 0 spiro atoms. The van der Waals surface area contributed by atoms with E-state index in [4.69, 9.17) is 27.7 Å². The average molecular weight is 540 g/mol. The summed E-state index contributed by atoms with van der Waals surface area (Å²) >= 11 is 12.3. The molecule has 0 fully saturated rings. The van der Waals surface area contributed by atoms with Gasteiger partial charge in [-0.25, -0.2) is 13.9 Å². The van der Waals surface area contributed by atoms with E-state index >= 15 is 0 Å². The lowest BCUT2D eigenvalue weighted by Gasteiger charge is -2.38. The summed E-state index contributed by atoms with van der Waals surface area (Å²) in [7, 11) is -2.19. The largest absolute Gasteiger partial charge is 0.434 e. The van der Waals surface area contributed by atoms with E-state index in [1.165, 1.54) is 17.8 Å². The molecule has 2 aromatic carbocycles. The Morgan fingerprint density at radius 2 is 1.46 bits per heavy atom. The standard InChI is InChI=1S/C23H28Cl2N5O4P/c1-27-22(16-26-23(27)30(31)32)19-34-35(33,28(14-12-24)17-20-8-4-2-5-9-20)29(15-13-25)18-21-10-6-3-7-11-21/h2-11,16H,12-15,17-19H2,1H3. The van der Waals surface area contributed by atoms with Gasteiger partial charge in [0.05, 0.1) is 7.05 Å². The maximum absolute atomic E-state index is 14.8. The minimum atomic E-state index is -3.72. The fraction of sp³-hybridized carbons (Fsp3) is 0.348. The molecule has 12 heteroatoms. The number of nitro groups is 1. The highest BCUT2D eigenvalue weighted by Crippen LogP contribution is 2.56. The Hall–Kier alpha value is -2.26. The molecular formula is C23H28Cl2N5O4P. The number of imidazole rings is 1. The van der Waals surface area contributed by atoms with Crippen molar-refractivity contribution >= 4 is 36.8 Å². The highest BCUT2D eigenvalue weighted by molar-refractivity contribution is 7.53. The first-order chi connectivity index (χ1) is 16.9. The molecule has 0 bridgehead atoms. The lowest BCUT2D eigenvalue weighted by molar-refractivity contribution is -0.396. The minimum absolute atomic E-state index is 0.143. The summed E-state index contributed by atoms with van der Waals surface area (Å²) in [6, 6.07) is 19.2. The molecule has 0 N–H and O–H groups in total. The van der Waals surface area contributed by atoms with Crippen LogP contribution in [0, 0.1) is 10.1 Å². The minimum Gasteiger partial charge on any atom is -0.390 e. The zero-order valence-electron chi connectivity index (χ0n) is 19.4. The molecule has 1 heterocycles. The van der Waals surface area contributed by atoms with Crippen molar-refractivity contribution in [3.05, 3.63) is 93.8 Å². The lowest BCUT2D eigenvalue weighted by Crippen LogP contribution is -2.35. The molecule has 0 unspecified atom stereocenters. The van der Waals surface area contributed by atoms with Gasteiger partial charge in [-0.05, 0) is 16.1 Å². The first-order valence-electron chi connectivity index (χ1n) is 11.0. The molecule has 35 heavy (non-hydrogen) atoms. The van der Waals surface area contributed by atoms with Gasteiger partial charge in [0.2, 0.25) is 0 Å². The van der Waals surface area contributed by atoms with Gasteiger partial charge in [-0.3, -0.25) is 9.09 Å². The van der Waals surface area contributed by atoms with Gasteiger partial charge in [-0.15, -0.1) is 23.2 Å². The number of hydrogen-bond donors (Lipinski definition) is 0. The van der Waals surface area contributed by atoms with Gasteiger partial charge in [-0.1, -0.05) is 65.6 Å². The Bertz CT molecular complexity index is 1080. The molecule has 0 saturated carbocycles. The van der Waals surface area contributed by atoms with Crippen molar-refractivity contribution < 1.29 is 14.0 Å². The normalized spacial score (nSPS) is 11.9. The van der Waals surface area contributed by atoms with Crippen molar-refractivity contribution in [3.63, 3.8) is 0 Å². The van der Waals surface area contributed by atoms with Crippen LogP contribution in [0.3, 0.4) is 0 Å². The molecular weight excluding hydrogens is 512 g/mol. The van der Waals surface area contributed by atoms with Gasteiger partial charge < -0.3 is 10.1 Å². The first kappa shape index (κ1) is 27.3. The van der Waals surface area contributed by atoms with Crippen molar-refractivity contribution in [2.45, 2.75) is 19.7 Å². The maximum atomic E-state index is 14.8. The summed E-state index contributed by atoms with van der Waals surface area (Å²) in [4.78, 5) is 14.5. The molecule has 0 aliphatic rings. The van der Waals surface area contributed by atoms with Crippen LogP contribution >= 0.6 is 30.9 Å². The van der Waals surface area contributed by atoms with Crippen LogP contribution in [0.2, 0.25) is 0 Å². The third-order valence-electron chi connectivity index (χ3n) is 5.42. The van der Waals surface area contributed by atoms with Crippen molar-refractivity contribution in [1.82, 2.24) is 18.9 Å². The van der Waals surface area contributed by atoms with Crippen LogP contribution in [0.25, 0.3) is 0 Å². The summed E-state index contributed by atoms with van der Waals surface area (Å²) in [6.07, 6.45) is 1.36. The van der Waals surface area contributed by atoms with Crippen LogP contribution in [0.5, 0.6) is 0 Å². The number of rotatable bonds is 14. The first-order valence-corrected chi connectivity index (χ1v) is 13.6. The number of nitrogens with zero attached hydrogens (tertiary/aromatic N) is 5. The summed E-state index contributed by atoms with van der Waals surface area (Å²) in [6.45, 7) is 1.13. The summed E-state index contributed by atoms with van der Waals surface area (Å²) in [5.74, 6) is 0.150. The van der Waals surface area contributed by atoms with E-state index in [2.05, 4.69) is 4.98 Å². The second-order valence-corrected chi connectivity index (χ2v) is 10.9. The van der Waals surface area contributed by atoms with Crippen LogP contribution in [0.4, 0.5) is 5.95 Å². The predicted molar refractivity (Wildman–Crippen MR) is 137 cm³/mol. The van der Waals surface area contributed by atoms with Gasteiger partial charge in [0.15, 0.2) is 0 Å². The zero-order valence-corrected chi connectivity index (χ0v) is 21.8. The van der Waals surface area contributed by atoms with E-state index in [0.717, 1.165) is 11.1 Å². The quantitative estimate of drug-likeness (QED) is 0.116. The Kier molecular flexibility index (Phi) is 10.3. The number of benzene rings is 2. The molecule has 0 atom stereocenters. The average Bonchev–Trinajstić information content (AvgIpc) is 3.24. The molecule has 188 valence electrons. The fourth-order valence-corrected chi connectivity index (χ4v) is 6.62. The number of hydrogen-bond acceptors (Lipinski definition) is 5. The fourth-order valence-electron chi connectivity index (χ4n) is 3.60. The third kappa shape index (κ3) is 7.13. The number of aromatic nitrogens is 2. The van der Waals surface area contributed by atoms with E-state index in [9.17, 15) is 14.7 Å². The van der Waals surface area contributed by atoms with Gasteiger partial charge in [0.25, 0.3) is 0 Å².